The number of piperidine rings is 1. The Bertz CT molecular complexity index is 572. The van der Waals surface area contributed by atoms with Gasteiger partial charge in [-0.25, -0.2) is 0 Å². The number of hydrogen-bond acceptors (Lipinski definition) is 5. The van der Waals surface area contributed by atoms with Crippen molar-refractivity contribution in [3.05, 3.63) is 48.0 Å². The highest BCUT2D eigenvalue weighted by atomic mass is 15.2. The lowest BCUT2D eigenvalue weighted by Crippen LogP contribution is -2.45. The van der Waals surface area contributed by atoms with Gasteiger partial charge < -0.3 is 10.2 Å². The van der Waals surface area contributed by atoms with E-state index in [1.165, 1.54) is 18.4 Å². The quantitative estimate of drug-likeness (QED) is 0.929. The molecule has 110 valence electrons. The van der Waals surface area contributed by atoms with Crippen molar-refractivity contribution in [3.8, 4) is 0 Å². The lowest BCUT2D eigenvalue weighted by molar-refractivity contribution is 0.421. The van der Waals surface area contributed by atoms with Crippen LogP contribution in [0.5, 0.6) is 0 Å². The van der Waals surface area contributed by atoms with Gasteiger partial charge in [-0.15, -0.1) is 0 Å². The molecule has 0 radical (unpaired) electrons. The predicted molar refractivity (Wildman–Crippen MR) is 83.1 cm³/mol. The maximum atomic E-state index is 4.24. The summed E-state index contributed by atoms with van der Waals surface area (Å²) in [5, 5.41) is 11.5. The zero-order valence-corrected chi connectivity index (χ0v) is 12.4. The molecule has 1 saturated heterocycles. The Morgan fingerprint density at radius 2 is 2.24 bits per heavy atom. The van der Waals surface area contributed by atoms with Gasteiger partial charge in [-0.3, -0.25) is 4.98 Å². The second-order valence-electron chi connectivity index (χ2n) is 5.57. The van der Waals surface area contributed by atoms with Gasteiger partial charge in [0.15, 0.2) is 0 Å². The zero-order valence-electron chi connectivity index (χ0n) is 12.4. The molecule has 1 fully saturated rings. The fourth-order valence-corrected chi connectivity index (χ4v) is 2.83. The minimum absolute atomic E-state index is 0.514. The summed E-state index contributed by atoms with van der Waals surface area (Å²) < 4.78 is 0. The minimum Gasteiger partial charge on any atom is -0.369 e. The van der Waals surface area contributed by atoms with E-state index in [2.05, 4.69) is 37.5 Å². The van der Waals surface area contributed by atoms with Crippen LogP contribution < -0.4 is 10.2 Å². The molecule has 1 atom stereocenters. The molecule has 0 spiro atoms. The Labute approximate surface area is 125 Å². The summed E-state index contributed by atoms with van der Waals surface area (Å²) in [6.07, 6.45) is 7.90. The third-order valence-corrected chi connectivity index (χ3v) is 3.91. The molecule has 1 N–H and O–H groups in total. The molecule has 0 bridgehead atoms. The number of pyridine rings is 1. The van der Waals surface area contributed by atoms with Crippen LogP contribution in [0.2, 0.25) is 0 Å². The standard InChI is InChI=1S/C16H21N5/c1-13-9-14(4-6-17-13)10-18-15-3-2-8-21(12-15)16-5-7-19-20-11-16/h4-7,9,11,15,18H,2-3,8,10,12H2,1H3/t15-/m0/s1. The number of nitrogens with one attached hydrogen (secondary N) is 1. The maximum absolute atomic E-state index is 4.24. The zero-order chi connectivity index (χ0) is 14.5. The van der Waals surface area contributed by atoms with E-state index in [9.17, 15) is 0 Å². The van der Waals surface area contributed by atoms with Crippen LogP contribution >= 0.6 is 0 Å². The third-order valence-electron chi connectivity index (χ3n) is 3.91. The van der Waals surface area contributed by atoms with Crippen molar-refractivity contribution in [1.82, 2.24) is 20.5 Å². The summed E-state index contributed by atoms with van der Waals surface area (Å²) in [5.74, 6) is 0. The Morgan fingerprint density at radius 1 is 1.29 bits per heavy atom. The Hall–Kier alpha value is -2.01. The molecule has 0 aliphatic carbocycles. The highest BCUT2D eigenvalue weighted by Crippen LogP contribution is 2.18. The molecular formula is C16H21N5. The first-order valence-electron chi connectivity index (χ1n) is 7.48. The average molecular weight is 283 g/mol. The summed E-state index contributed by atoms with van der Waals surface area (Å²) in [7, 11) is 0. The molecule has 5 nitrogen and oxygen atoms in total. The Kier molecular flexibility index (Phi) is 4.40. The first-order valence-corrected chi connectivity index (χ1v) is 7.48. The van der Waals surface area contributed by atoms with Gasteiger partial charge >= 0.3 is 0 Å². The number of hydrogen-bond donors (Lipinski definition) is 1. The fraction of sp³-hybridized carbons (Fsp3) is 0.438. The monoisotopic (exact) mass is 283 g/mol. The van der Waals surface area contributed by atoms with E-state index in [1.54, 1.807) is 6.20 Å². The minimum atomic E-state index is 0.514. The number of nitrogens with zero attached hydrogens (tertiary/aromatic N) is 4. The summed E-state index contributed by atoms with van der Waals surface area (Å²) >= 11 is 0. The van der Waals surface area contributed by atoms with Crippen LogP contribution in [-0.4, -0.2) is 34.3 Å². The molecule has 0 saturated carbocycles. The molecule has 2 aromatic heterocycles. The largest absolute Gasteiger partial charge is 0.369 e. The van der Waals surface area contributed by atoms with E-state index in [1.807, 2.05) is 25.4 Å². The maximum Gasteiger partial charge on any atom is 0.0729 e. The first kappa shape index (κ1) is 13.9. The van der Waals surface area contributed by atoms with Gasteiger partial charge in [0, 0.05) is 37.6 Å². The molecule has 2 aromatic rings. The SMILES string of the molecule is Cc1cc(CN[C@H]2CCCN(c3ccnnc3)C2)ccn1. The van der Waals surface area contributed by atoms with Gasteiger partial charge in [-0.05, 0) is 43.5 Å². The summed E-state index contributed by atoms with van der Waals surface area (Å²) in [4.78, 5) is 6.62. The van der Waals surface area contributed by atoms with Gasteiger partial charge in [0.25, 0.3) is 0 Å². The number of aryl methyl sites for hydroxylation is 1. The van der Waals surface area contributed by atoms with Gasteiger partial charge in [-0.1, -0.05) is 0 Å². The van der Waals surface area contributed by atoms with Crippen LogP contribution in [0, 0.1) is 6.92 Å². The molecule has 21 heavy (non-hydrogen) atoms. The van der Waals surface area contributed by atoms with Crippen molar-refractivity contribution in [3.63, 3.8) is 0 Å². The molecule has 0 aromatic carbocycles. The third kappa shape index (κ3) is 3.76. The van der Waals surface area contributed by atoms with E-state index < -0.39 is 0 Å². The lowest BCUT2D eigenvalue weighted by atomic mass is 10.0. The second-order valence-corrected chi connectivity index (χ2v) is 5.57. The van der Waals surface area contributed by atoms with E-state index in [0.717, 1.165) is 31.0 Å². The number of rotatable bonds is 4. The molecular weight excluding hydrogens is 262 g/mol. The highest BCUT2D eigenvalue weighted by molar-refractivity contribution is 5.43. The van der Waals surface area contributed by atoms with E-state index in [-0.39, 0.29) is 0 Å². The van der Waals surface area contributed by atoms with Gasteiger partial charge in [-0.2, -0.15) is 10.2 Å². The highest BCUT2D eigenvalue weighted by Gasteiger charge is 2.19. The van der Waals surface area contributed by atoms with Crippen molar-refractivity contribution in [2.24, 2.45) is 0 Å². The van der Waals surface area contributed by atoms with Crippen LogP contribution in [0.1, 0.15) is 24.1 Å². The van der Waals surface area contributed by atoms with E-state index in [4.69, 9.17) is 0 Å². The van der Waals surface area contributed by atoms with Crippen LogP contribution in [0.15, 0.2) is 36.8 Å². The average Bonchev–Trinajstić information content (AvgIpc) is 2.54. The fourth-order valence-electron chi connectivity index (χ4n) is 2.83. The Morgan fingerprint density at radius 3 is 3.05 bits per heavy atom. The summed E-state index contributed by atoms with van der Waals surface area (Å²) in [5.41, 5.74) is 3.53. The molecule has 1 aliphatic heterocycles. The molecule has 3 heterocycles. The van der Waals surface area contributed by atoms with Crippen molar-refractivity contribution >= 4 is 5.69 Å². The van der Waals surface area contributed by atoms with Crippen LogP contribution in [0.25, 0.3) is 0 Å². The van der Waals surface area contributed by atoms with Gasteiger partial charge in [0.1, 0.15) is 0 Å². The van der Waals surface area contributed by atoms with E-state index in [0.29, 0.717) is 6.04 Å². The molecule has 0 amide bonds. The van der Waals surface area contributed by atoms with Crippen molar-refractivity contribution < 1.29 is 0 Å². The van der Waals surface area contributed by atoms with Gasteiger partial charge in [0.2, 0.25) is 0 Å². The molecule has 5 heteroatoms. The summed E-state index contributed by atoms with van der Waals surface area (Å²) in [6.45, 7) is 5.05. The number of anilines is 1. The van der Waals surface area contributed by atoms with Crippen molar-refractivity contribution in [2.75, 3.05) is 18.0 Å². The smallest absolute Gasteiger partial charge is 0.0729 e. The molecule has 3 rings (SSSR count). The van der Waals surface area contributed by atoms with Crippen LogP contribution in [0.4, 0.5) is 5.69 Å². The van der Waals surface area contributed by atoms with Crippen LogP contribution in [0.3, 0.4) is 0 Å². The summed E-state index contributed by atoms with van der Waals surface area (Å²) in [6, 6.07) is 6.76. The molecule has 0 unspecified atom stereocenters. The van der Waals surface area contributed by atoms with E-state index >= 15 is 0 Å². The molecule has 1 aliphatic rings. The first-order chi connectivity index (χ1) is 10.3. The van der Waals surface area contributed by atoms with Crippen molar-refractivity contribution in [1.29, 1.82) is 0 Å². The lowest BCUT2D eigenvalue weighted by Gasteiger charge is -2.34. The van der Waals surface area contributed by atoms with Gasteiger partial charge in [0.05, 0.1) is 18.1 Å². The Balaban J connectivity index is 1.57. The topological polar surface area (TPSA) is 53.9 Å². The van der Waals surface area contributed by atoms with Crippen LogP contribution in [-0.2, 0) is 6.54 Å². The normalized spacial score (nSPS) is 18.7. The number of aromatic nitrogens is 3. The van der Waals surface area contributed by atoms with Crippen molar-refractivity contribution in [2.45, 2.75) is 32.4 Å². The predicted octanol–water partition coefficient (Wildman–Crippen LogP) is 1.94. The second kappa shape index (κ2) is 6.63.